The smallest absolute Gasteiger partial charge is 0.165 e. The average molecular weight is 230 g/mol. The van der Waals surface area contributed by atoms with Crippen LogP contribution in [0.25, 0.3) is 11.1 Å². The summed E-state index contributed by atoms with van der Waals surface area (Å²) in [7, 11) is 0. The van der Waals surface area contributed by atoms with Gasteiger partial charge in [0.1, 0.15) is 0 Å². The molecule has 17 heavy (non-hydrogen) atoms. The van der Waals surface area contributed by atoms with Gasteiger partial charge in [0, 0.05) is 0 Å². The highest BCUT2D eigenvalue weighted by Gasteiger charge is 2.05. The number of rotatable bonds is 2. The van der Waals surface area contributed by atoms with E-state index >= 15 is 0 Å². The van der Waals surface area contributed by atoms with Crippen molar-refractivity contribution in [2.75, 3.05) is 0 Å². The van der Waals surface area contributed by atoms with Crippen molar-refractivity contribution >= 4 is 0 Å². The van der Waals surface area contributed by atoms with Gasteiger partial charge in [0.2, 0.25) is 0 Å². The van der Waals surface area contributed by atoms with E-state index in [4.69, 9.17) is 5.11 Å². The maximum absolute atomic E-state index is 13.3. The molecule has 0 saturated heterocycles. The normalized spacial score (nSPS) is 10.8. The Kier molecular flexibility index (Phi) is 3.14. The van der Waals surface area contributed by atoms with E-state index in [1.54, 1.807) is 6.07 Å². The van der Waals surface area contributed by atoms with Crippen LogP contribution in [0.15, 0.2) is 42.5 Å². The molecule has 2 aromatic carbocycles. The van der Waals surface area contributed by atoms with Crippen LogP contribution in [-0.2, 0) is 0 Å². The Morgan fingerprint density at radius 2 is 1.71 bits per heavy atom. The van der Waals surface area contributed by atoms with Crippen molar-refractivity contribution < 1.29 is 9.50 Å². The second-order valence-electron chi connectivity index (χ2n) is 4.45. The molecule has 0 radical (unpaired) electrons. The van der Waals surface area contributed by atoms with E-state index in [1.807, 2.05) is 12.1 Å². The predicted octanol–water partition coefficient (Wildman–Crippen LogP) is 4.32. The van der Waals surface area contributed by atoms with Crippen LogP contribution >= 0.6 is 0 Å². The zero-order valence-electron chi connectivity index (χ0n) is 9.94. The molecule has 0 amide bonds. The summed E-state index contributed by atoms with van der Waals surface area (Å²) < 4.78 is 13.3. The molecule has 2 aromatic rings. The van der Waals surface area contributed by atoms with Gasteiger partial charge < -0.3 is 5.11 Å². The maximum atomic E-state index is 13.3. The first-order chi connectivity index (χ1) is 8.08. The quantitative estimate of drug-likeness (QED) is 0.814. The first kappa shape index (κ1) is 11.6. The zero-order chi connectivity index (χ0) is 12.4. The highest BCUT2D eigenvalue weighted by molar-refractivity contribution is 5.65. The molecule has 2 heteroatoms. The Balaban J connectivity index is 2.45. The molecule has 2 rings (SSSR count). The minimum atomic E-state index is -0.586. The molecule has 0 bridgehead atoms. The minimum absolute atomic E-state index is 0.311. The lowest BCUT2D eigenvalue weighted by atomic mass is 9.97. The van der Waals surface area contributed by atoms with Crippen molar-refractivity contribution in [3.8, 4) is 16.9 Å². The first-order valence-corrected chi connectivity index (χ1v) is 5.67. The summed E-state index contributed by atoms with van der Waals surface area (Å²) in [5.74, 6) is -0.455. The number of phenols is 1. The Morgan fingerprint density at radius 1 is 1.00 bits per heavy atom. The Labute approximate surface area is 101 Å². The summed E-state index contributed by atoms with van der Waals surface area (Å²) in [6, 6.07) is 12.5. The molecule has 0 aliphatic rings. The summed E-state index contributed by atoms with van der Waals surface area (Å²) in [4.78, 5) is 0. The zero-order valence-corrected chi connectivity index (χ0v) is 9.94. The van der Waals surface area contributed by atoms with Crippen molar-refractivity contribution in [2.24, 2.45) is 0 Å². The molecule has 0 saturated carbocycles. The number of halogens is 1. The lowest BCUT2D eigenvalue weighted by Crippen LogP contribution is -1.88. The van der Waals surface area contributed by atoms with Crippen LogP contribution in [0.1, 0.15) is 25.3 Å². The van der Waals surface area contributed by atoms with Crippen LogP contribution in [0.3, 0.4) is 0 Å². The third-order valence-electron chi connectivity index (χ3n) is 2.83. The largest absolute Gasteiger partial charge is 0.505 e. The molecular formula is C15H15FO. The van der Waals surface area contributed by atoms with E-state index in [1.165, 1.54) is 17.7 Å². The Hall–Kier alpha value is -1.83. The predicted molar refractivity (Wildman–Crippen MR) is 67.6 cm³/mol. The molecule has 0 aliphatic carbocycles. The molecule has 0 unspecified atom stereocenters. The third-order valence-corrected chi connectivity index (χ3v) is 2.83. The SMILES string of the molecule is CC(C)c1cccc(-c2ccc(O)c(F)c2)c1. The lowest BCUT2D eigenvalue weighted by molar-refractivity contribution is 0.432. The van der Waals surface area contributed by atoms with Gasteiger partial charge in [-0.15, -0.1) is 0 Å². The molecular weight excluding hydrogens is 215 g/mol. The van der Waals surface area contributed by atoms with Crippen LogP contribution in [0.5, 0.6) is 5.75 Å². The van der Waals surface area contributed by atoms with Crippen LogP contribution < -0.4 is 0 Å². The summed E-state index contributed by atoms with van der Waals surface area (Å²) in [6.45, 7) is 4.24. The molecule has 0 atom stereocenters. The van der Waals surface area contributed by atoms with Crippen LogP contribution in [0.4, 0.5) is 4.39 Å². The van der Waals surface area contributed by atoms with E-state index < -0.39 is 5.82 Å². The summed E-state index contributed by atoms with van der Waals surface area (Å²) in [5, 5.41) is 9.16. The molecule has 0 heterocycles. The standard InChI is InChI=1S/C15H15FO/c1-10(2)11-4-3-5-12(8-11)13-6-7-15(17)14(16)9-13/h3-10,17H,1-2H3. The van der Waals surface area contributed by atoms with Crippen LogP contribution in [0, 0.1) is 5.82 Å². The van der Waals surface area contributed by atoms with Crippen molar-refractivity contribution in [2.45, 2.75) is 19.8 Å². The Bertz CT molecular complexity index is 532. The lowest BCUT2D eigenvalue weighted by Gasteiger charge is -2.08. The van der Waals surface area contributed by atoms with Gasteiger partial charge in [-0.05, 0) is 34.7 Å². The van der Waals surface area contributed by atoms with E-state index in [-0.39, 0.29) is 5.75 Å². The van der Waals surface area contributed by atoms with E-state index in [9.17, 15) is 4.39 Å². The van der Waals surface area contributed by atoms with Gasteiger partial charge in [-0.3, -0.25) is 0 Å². The summed E-state index contributed by atoms with van der Waals surface area (Å²) in [6.07, 6.45) is 0. The van der Waals surface area contributed by atoms with Crippen LogP contribution in [0.2, 0.25) is 0 Å². The number of hydrogen-bond acceptors (Lipinski definition) is 1. The van der Waals surface area contributed by atoms with Gasteiger partial charge >= 0.3 is 0 Å². The van der Waals surface area contributed by atoms with E-state index in [0.717, 1.165) is 11.1 Å². The fourth-order valence-electron chi connectivity index (χ4n) is 1.76. The van der Waals surface area contributed by atoms with E-state index in [2.05, 4.69) is 26.0 Å². The van der Waals surface area contributed by atoms with Gasteiger partial charge in [-0.2, -0.15) is 0 Å². The number of aromatic hydroxyl groups is 1. The van der Waals surface area contributed by atoms with Crippen molar-refractivity contribution in [3.63, 3.8) is 0 Å². The Morgan fingerprint density at radius 3 is 2.35 bits per heavy atom. The maximum Gasteiger partial charge on any atom is 0.165 e. The van der Waals surface area contributed by atoms with Gasteiger partial charge in [-0.25, -0.2) is 4.39 Å². The molecule has 88 valence electrons. The molecule has 1 N–H and O–H groups in total. The average Bonchev–Trinajstić information content (AvgIpc) is 2.33. The molecule has 0 aromatic heterocycles. The molecule has 0 aliphatic heterocycles. The highest BCUT2D eigenvalue weighted by Crippen LogP contribution is 2.27. The van der Waals surface area contributed by atoms with Crippen molar-refractivity contribution in [3.05, 3.63) is 53.8 Å². The van der Waals surface area contributed by atoms with Crippen molar-refractivity contribution in [1.82, 2.24) is 0 Å². The van der Waals surface area contributed by atoms with E-state index in [0.29, 0.717) is 5.92 Å². The van der Waals surface area contributed by atoms with Crippen molar-refractivity contribution in [1.29, 1.82) is 0 Å². The number of phenolic OH excluding ortho intramolecular Hbond substituents is 1. The fourth-order valence-corrected chi connectivity index (χ4v) is 1.76. The molecule has 0 spiro atoms. The first-order valence-electron chi connectivity index (χ1n) is 5.67. The second-order valence-corrected chi connectivity index (χ2v) is 4.45. The monoisotopic (exact) mass is 230 g/mol. The van der Waals surface area contributed by atoms with Gasteiger partial charge in [-0.1, -0.05) is 44.2 Å². The van der Waals surface area contributed by atoms with Crippen LogP contribution in [-0.4, -0.2) is 5.11 Å². The topological polar surface area (TPSA) is 20.2 Å². The number of hydrogen-bond donors (Lipinski definition) is 1. The molecule has 1 nitrogen and oxygen atoms in total. The highest BCUT2D eigenvalue weighted by atomic mass is 19.1. The van der Waals surface area contributed by atoms with Gasteiger partial charge in [0.15, 0.2) is 11.6 Å². The summed E-state index contributed by atoms with van der Waals surface area (Å²) in [5.41, 5.74) is 2.97. The van der Waals surface area contributed by atoms with Gasteiger partial charge in [0.05, 0.1) is 0 Å². The molecule has 0 fully saturated rings. The summed E-state index contributed by atoms with van der Waals surface area (Å²) >= 11 is 0. The number of benzene rings is 2. The fraction of sp³-hybridized carbons (Fsp3) is 0.200. The minimum Gasteiger partial charge on any atom is -0.505 e. The third kappa shape index (κ3) is 2.47. The second kappa shape index (κ2) is 4.58. The van der Waals surface area contributed by atoms with Gasteiger partial charge in [0.25, 0.3) is 0 Å².